The number of oxazole rings is 1. The van der Waals surface area contributed by atoms with Crippen LogP contribution < -0.4 is 10.1 Å². The van der Waals surface area contributed by atoms with Gasteiger partial charge < -0.3 is 14.5 Å². The van der Waals surface area contributed by atoms with Crippen molar-refractivity contribution in [3.8, 4) is 6.08 Å². The smallest absolute Gasteiger partial charge is 0.393 e. The van der Waals surface area contributed by atoms with Crippen molar-refractivity contribution in [3.63, 3.8) is 0 Å². The first-order chi connectivity index (χ1) is 7.58. The van der Waals surface area contributed by atoms with E-state index >= 15 is 0 Å². The van der Waals surface area contributed by atoms with Gasteiger partial charge in [-0.25, -0.2) is 0 Å². The van der Waals surface area contributed by atoms with Crippen molar-refractivity contribution in [2.24, 2.45) is 11.8 Å². The lowest BCUT2D eigenvalue weighted by atomic mass is 10.2. The Morgan fingerprint density at radius 2 is 2.06 bits per heavy atom. The Balaban J connectivity index is 2.28. The van der Waals surface area contributed by atoms with Gasteiger partial charge in [-0.2, -0.15) is 4.98 Å². The lowest BCUT2D eigenvalue weighted by Crippen LogP contribution is -2.19. The van der Waals surface area contributed by atoms with Gasteiger partial charge in [0.2, 0.25) is 0 Å². The molecule has 0 atom stereocenters. The quantitative estimate of drug-likeness (QED) is 0.775. The summed E-state index contributed by atoms with van der Waals surface area (Å²) >= 11 is 0. The first kappa shape index (κ1) is 13.0. The van der Waals surface area contributed by atoms with Crippen molar-refractivity contribution in [2.45, 2.75) is 34.2 Å². The van der Waals surface area contributed by atoms with Gasteiger partial charge in [0.25, 0.3) is 0 Å². The summed E-state index contributed by atoms with van der Waals surface area (Å²) in [5.41, 5.74) is 0.888. The molecule has 0 saturated carbocycles. The Kier molecular flexibility index (Phi) is 5.32. The molecule has 1 aromatic rings. The van der Waals surface area contributed by atoms with Crippen LogP contribution in [0.2, 0.25) is 0 Å². The highest BCUT2D eigenvalue weighted by molar-refractivity contribution is 4.99. The molecule has 0 aromatic carbocycles. The topological polar surface area (TPSA) is 47.3 Å². The molecule has 1 aromatic heterocycles. The molecule has 1 N–H and O–H groups in total. The van der Waals surface area contributed by atoms with Gasteiger partial charge >= 0.3 is 6.08 Å². The van der Waals surface area contributed by atoms with Crippen molar-refractivity contribution in [1.82, 2.24) is 10.3 Å². The summed E-state index contributed by atoms with van der Waals surface area (Å²) in [4.78, 5) is 4.23. The van der Waals surface area contributed by atoms with Gasteiger partial charge in [-0.1, -0.05) is 27.7 Å². The number of aromatic nitrogens is 1. The molecule has 92 valence electrons. The number of hydrogen-bond donors (Lipinski definition) is 1. The molecule has 0 fully saturated rings. The number of rotatable bonds is 7. The Hall–Kier alpha value is -1.03. The molecule has 1 rings (SSSR count). The predicted molar refractivity (Wildman–Crippen MR) is 63.4 cm³/mol. The van der Waals surface area contributed by atoms with Crippen LogP contribution in [0.5, 0.6) is 6.08 Å². The summed E-state index contributed by atoms with van der Waals surface area (Å²) in [5, 5.41) is 3.30. The van der Waals surface area contributed by atoms with E-state index in [1.54, 1.807) is 6.26 Å². The standard InChI is InChI=1S/C12H22N2O2/c1-9(2)5-13-6-11-8-16-12(14-11)15-7-10(3)4/h8-10,13H,5-7H2,1-4H3. The summed E-state index contributed by atoms with van der Waals surface area (Å²) < 4.78 is 10.6. The second-order valence-electron chi connectivity index (χ2n) is 4.83. The lowest BCUT2D eigenvalue weighted by Gasteiger charge is -2.04. The normalized spacial score (nSPS) is 11.4. The third kappa shape index (κ3) is 5.16. The molecule has 16 heavy (non-hydrogen) atoms. The molecule has 0 saturated heterocycles. The molecule has 0 amide bonds. The van der Waals surface area contributed by atoms with E-state index < -0.39 is 0 Å². The molecule has 0 aliphatic heterocycles. The fourth-order valence-corrected chi connectivity index (χ4v) is 1.16. The molecule has 4 heteroatoms. The summed E-state index contributed by atoms with van der Waals surface area (Å²) in [7, 11) is 0. The van der Waals surface area contributed by atoms with Crippen LogP contribution in [0.4, 0.5) is 0 Å². The lowest BCUT2D eigenvalue weighted by molar-refractivity contribution is 0.202. The second-order valence-corrected chi connectivity index (χ2v) is 4.83. The van der Waals surface area contributed by atoms with Gasteiger partial charge in [0.15, 0.2) is 0 Å². The highest BCUT2D eigenvalue weighted by Gasteiger charge is 2.05. The predicted octanol–water partition coefficient (Wildman–Crippen LogP) is 2.46. The molecule has 1 heterocycles. The fraction of sp³-hybridized carbons (Fsp3) is 0.750. The first-order valence-corrected chi connectivity index (χ1v) is 5.86. The maximum absolute atomic E-state index is 5.37. The second kappa shape index (κ2) is 6.53. The van der Waals surface area contributed by atoms with Crippen LogP contribution in [0.3, 0.4) is 0 Å². The van der Waals surface area contributed by atoms with Gasteiger partial charge in [-0.15, -0.1) is 0 Å². The Morgan fingerprint density at radius 1 is 1.31 bits per heavy atom. The minimum atomic E-state index is 0.370. The van der Waals surface area contributed by atoms with Crippen LogP contribution in [0, 0.1) is 11.8 Å². The van der Waals surface area contributed by atoms with Gasteiger partial charge in [-0.05, 0) is 18.4 Å². The average Bonchev–Trinajstić information content (AvgIpc) is 2.62. The molecule has 0 aliphatic carbocycles. The summed E-state index contributed by atoms with van der Waals surface area (Å²) in [6.07, 6.45) is 2.01. The Morgan fingerprint density at radius 3 is 2.69 bits per heavy atom. The molecular formula is C12H22N2O2. The van der Waals surface area contributed by atoms with Crippen molar-refractivity contribution >= 4 is 0 Å². The zero-order valence-electron chi connectivity index (χ0n) is 10.6. The number of nitrogens with one attached hydrogen (secondary N) is 1. The van der Waals surface area contributed by atoms with Crippen LogP contribution >= 0.6 is 0 Å². The monoisotopic (exact) mass is 226 g/mol. The third-order valence-electron chi connectivity index (χ3n) is 1.93. The van der Waals surface area contributed by atoms with Gasteiger partial charge in [0.05, 0.1) is 12.3 Å². The zero-order valence-corrected chi connectivity index (χ0v) is 10.6. The zero-order chi connectivity index (χ0) is 12.0. The average molecular weight is 226 g/mol. The van der Waals surface area contributed by atoms with E-state index in [0.29, 0.717) is 24.5 Å². The SMILES string of the molecule is CC(C)CNCc1coc(OCC(C)C)n1. The maximum Gasteiger partial charge on any atom is 0.393 e. The van der Waals surface area contributed by atoms with Crippen LogP contribution in [0.15, 0.2) is 10.7 Å². The maximum atomic E-state index is 5.37. The largest absolute Gasteiger partial charge is 0.450 e. The molecule has 0 spiro atoms. The first-order valence-electron chi connectivity index (χ1n) is 5.86. The van der Waals surface area contributed by atoms with Crippen molar-refractivity contribution in [2.75, 3.05) is 13.2 Å². The van der Waals surface area contributed by atoms with Crippen molar-refractivity contribution in [3.05, 3.63) is 12.0 Å². The fourth-order valence-electron chi connectivity index (χ4n) is 1.16. The third-order valence-corrected chi connectivity index (χ3v) is 1.93. The van der Waals surface area contributed by atoms with E-state index in [4.69, 9.17) is 9.15 Å². The van der Waals surface area contributed by atoms with E-state index in [1.807, 2.05) is 0 Å². The van der Waals surface area contributed by atoms with E-state index in [9.17, 15) is 0 Å². The van der Waals surface area contributed by atoms with Crippen LogP contribution in [0.1, 0.15) is 33.4 Å². The summed E-state index contributed by atoms with van der Waals surface area (Å²) in [6.45, 7) is 10.9. The van der Waals surface area contributed by atoms with Gasteiger partial charge in [0.1, 0.15) is 6.26 Å². The molecule has 0 bridgehead atoms. The number of ether oxygens (including phenoxy) is 1. The number of hydrogen-bond acceptors (Lipinski definition) is 4. The molecule has 0 aliphatic rings. The van der Waals surface area contributed by atoms with Crippen LogP contribution in [-0.2, 0) is 6.54 Å². The van der Waals surface area contributed by atoms with Crippen molar-refractivity contribution in [1.29, 1.82) is 0 Å². The number of nitrogens with zero attached hydrogens (tertiary/aromatic N) is 1. The van der Waals surface area contributed by atoms with E-state index in [-0.39, 0.29) is 0 Å². The molecule has 0 radical (unpaired) electrons. The summed E-state index contributed by atoms with van der Waals surface area (Å²) in [6, 6.07) is 0. The summed E-state index contributed by atoms with van der Waals surface area (Å²) in [5.74, 6) is 1.12. The van der Waals surface area contributed by atoms with E-state index in [0.717, 1.165) is 18.8 Å². The Labute approximate surface area is 97.4 Å². The van der Waals surface area contributed by atoms with Crippen molar-refractivity contribution < 1.29 is 9.15 Å². The van der Waals surface area contributed by atoms with Gasteiger partial charge in [0, 0.05) is 6.54 Å². The van der Waals surface area contributed by atoms with Gasteiger partial charge in [-0.3, -0.25) is 0 Å². The van der Waals surface area contributed by atoms with E-state index in [2.05, 4.69) is 38.0 Å². The molecule has 0 unspecified atom stereocenters. The van der Waals surface area contributed by atoms with Crippen LogP contribution in [0.25, 0.3) is 0 Å². The molecule has 4 nitrogen and oxygen atoms in total. The highest BCUT2D eigenvalue weighted by atomic mass is 16.6. The van der Waals surface area contributed by atoms with E-state index in [1.165, 1.54) is 0 Å². The highest BCUT2D eigenvalue weighted by Crippen LogP contribution is 2.11. The minimum Gasteiger partial charge on any atom is -0.450 e. The minimum absolute atomic E-state index is 0.370. The molecular weight excluding hydrogens is 204 g/mol. The Bertz CT molecular complexity index is 295. The van der Waals surface area contributed by atoms with Crippen LogP contribution in [-0.4, -0.2) is 18.1 Å².